The van der Waals surface area contributed by atoms with Gasteiger partial charge in [0.05, 0.1) is 7.11 Å². The zero-order valence-corrected chi connectivity index (χ0v) is 11.7. The summed E-state index contributed by atoms with van der Waals surface area (Å²) in [6.45, 7) is 5.64. The van der Waals surface area contributed by atoms with Crippen molar-refractivity contribution in [2.75, 3.05) is 7.11 Å². The third-order valence-corrected chi connectivity index (χ3v) is 4.07. The summed E-state index contributed by atoms with van der Waals surface area (Å²) in [5, 5.41) is 3.70. The van der Waals surface area contributed by atoms with Gasteiger partial charge in [-0.25, -0.2) is 4.98 Å². The van der Waals surface area contributed by atoms with Crippen molar-refractivity contribution in [3.63, 3.8) is 0 Å². The standard InChI is InChI=1S/C15H24N2O/c1-15(2)8-5-4-6-13(15)17-11-12-7-9-16-14(10-12)18-3/h7,9-10,13,17H,4-6,8,11H2,1-3H3. The monoisotopic (exact) mass is 248 g/mol. The molecule has 0 amide bonds. The van der Waals surface area contributed by atoms with E-state index in [1.54, 1.807) is 7.11 Å². The van der Waals surface area contributed by atoms with Crippen LogP contribution < -0.4 is 10.1 Å². The molecule has 0 saturated heterocycles. The molecule has 1 saturated carbocycles. The molecule has 18 heavy (non-hydrogen) atoms. The van der Waals surface area contributed by atoms with Gasteiger partial charge in [-0.05, 0) is 29.9 Å². The average Bonchev–Trinajstić information content (AvgIpc) is 2.37. The maximum absolute atomic E-state index is 5.15. The molecule has 1 aromatic rings. The van der Waals surface area contributed by atoms with Gasteiger partial charge in [-0.1, -0.05) is 26.7 Å². The summed E-state index contributed by atoms with van der Waals surface area (Å²) in [5.74, 6) is 0.692. The van der Waals surface area contributed by atoms with Gasteiger partial charge in [0.15, 0.2) is 0 Å². The zero-order chi connectivity index (χ0) is 13.0. The molecular weight excluding hydrogens is 224 g/mol. The predicted molar refractivity (Wildman–Crippen MR) is 73.7 cm³/mol. The highest BCUT2D eigenvalue weighted by Gasteiger charge is 2.31. The summed E-state index contributed by atoms with van der Waals surface area (Å²) in [6.07, 6.45) is 7.14. The van der Waals surface area contributed by atoms with E-state index in [2.05, 4.69) is 24.1 Å². The van der Waals surface area contributed by atoms with Crippen LogP contribution in [0.5, 0.6) is 5.88 Å². The van der Waals surface area contributed by atoms with Gasteiger partial charge in [0.2, 0.25) is 5.88 Å². The average molecular weight is 248 g/mol. The molecule has 3 heteroatoms. The van der Waals surface area contributed by atoms with Gasteiger partial charge < -0.3 is 10.1 Å². The fourth-order valence-corrected chi connectivity index (χ4v) is 2.79. The number of methoxy groups -OCH3 is 1. The molecule has 1 aliphatic carbocycles. The van der Waals surface area contributed by atoms with Crippen LogP contribution >= 0.6 is 0 Å². The SMILES string of the molecule is COc1cc(CNC2CCCCC2(C)C)ccn1. The van der Waals surface area contributed by atoms with Crippen LogP contribution in [0.15, 0.2) is 18.3 Å². The van der Waals surface area contributed by atoms with Gasteiger partial charge in [-0.15, -0.1) is 0 Å². The summed E-state index contributed by atoms with van der Waals surface area (Å²) < 4.78 is 5.15. The second kappa shape index (κ2) is 5.70. The molecule has 1 fully saturated rings. The third-order valence-electron chi connectivity index (χ3n) is 4.07. The molecule has 0 radical (unpaired) electrons. The van der Waals surface area contributed by atoms with Gasteiger partial charge in [-0.3, -0.25) is 0 Å². The number of hydrogen-bond acceptors (Lipinski definition) is 3. The number of ether oxygens (including phenoxy) is 1. The van der Waals surface area contributed by atoms with Crippen LogP contribution in [0.25, 0.3) is 0 Å². The number of pyridine rings is 1. The van der Waals surface area contributed by atoms with E-state index in [4.69, 9.17) is 4.74 Å². The topological polar surface area (TPSA) is 34.1 Å². The van der Waals surface area contributed by atoms with E-state index in [0.29, 0.717) is 17.3 Å². The number of nitrogens with zero attached hydrogens (tertiary/aromatic N) is 1. The van der Waals surface area contributed by atoms with Crippen molar-refractivity contribution in [2.24, 2.45) is 5.41 Å². The summed E-state index contributed by atoms with van der Waals surface area (Å²) in [4.78, 5) is 4.13. The quantitative estimate of drug-likeness (QED) is 0.888. The Hall–Kier alpha value is -1.09. The Morgan fingerprint density at radius 3 is 3.00 bits per heavy atom. The maximum atomic E-state index is 5.15. The fraction of sp³-hybridized carbons (Fsp3) is 0.667. The lowest BCUT2D eigenvalue weighted by Crippen LogP contribution is -2.43. The predicted octanol–water partition coefficient (Wildman–Crippen LogP) is 3.15. The first-order chi connectivity index (χ1) is 8.62. The molecule has 1 aromatic heterocycles. The van der Waals surface area contributed by atoms with Crippen molar-refractivity contribution in [1.82, 2.24) is 10.3 Å². The second-order valence-corrected chi connectivity index (χ2v) is 5.87. The molecule has 1 heterocycles. The van der Waals surface area contributed by atoms with Gasteiger partial charge in [0, 0.05) is 24.8 Å². The Labute approximate surface area is 110 Å². The van der Waals surface area contributed by atoms with Crippen molar-refractivity contribution in [1.29, 1.82) is 0 Å². The second-order valence-electron chi connectivity index (χ2n) is 5.87. The number of rotatable bonds is 4. The molecule has 1 N–H and O–H groups in total. The highest BCUT2D eigenvalue weighted by atomic mass is 16.5. The summed E-state index contributed by atoms with van der Waals surface area (Å²) >= 11 is 0. The molecule has 0 aliphatic heterocycles. The number of nitrogens with one attached hydrogen (secondary N) is 1. The van der Waals surface area contributed by atoms with E-state index >= 15 is 0 Å². The Morgan fingerprint density at radius 2 is 2.28 bits per heavy atom. The molecule has 3 nitrogen and oxygen atoms in total. The van der Waals surface area contributed by atoms with E-state index in [1.807, 2.05) is 18.3 Å². The van der Waals surface area contributed by atoms with Gasteiger partial charge in [0.1, 0.15) is 0 Å². The van der Waals surface area contributed by atoms with Crippen molar-refractivity contribution >= 4 is 0 Å². The van der Waals surface area contributed by atoms with Gasteiger partial charge in [-0.2, -0.15) is 0 Å². The molecule has 1 atom stereocenters. The smallest absolute Gasteiger partial charge is 0.213 e. The van der Waals surface area contributed by atoms with E-state index in [9.17, 15) is 0 Å². The van der Waals surface area contributed by atoms with E-state index in [1.165, 1.54) is 31.2 Å². The molecule has 1 aliphatic rings. The van der Waals surface area contributed by atoms with Crippen LogP contribution in [-0.4, -0.2) is 18.1 Å². The number of hydrogen-bond donors (Lipinski definition) is 1. The summed E-state index contributed by atoms with van der Waals surface area (Å²) in [5.41, 5.74) is 1.65. The van der Waals surface area contributed by atoms with Crippen LogP contribution in [0.4, 0.5) is 0 Å². The normalized spacial score (nSPS) is 22.7. The Morgan fingerprint density at radius 1 is 1.44 bits per heavy atom. The lowest BCUT2D eigenvalue weighted by molar-refractivity contribution is 0.166. The highest BCUT2D eigenvalue weighted by molar-refractivity contribution is 5.20. The molecule has 0 spiro atoms. The molecule has 0 bridgehead atoms. The highest BCUT2D eigenvalue weighted by Crippen LogP contribution is 2.35. The Bertz CT molecular complexity index is 390. The first kappa shape index (κ1) is 13.3. The summed E-state index contributed by atoms with van der Waals surface area (Å²) in [7, 11) is 1.66. The first-order valence-corrected chi connectivity index (χ1v) is 6.84. The summed E-state index contributed by atoms with van der Waals surface area (Å²) in [6, 6.07) is 4.67. The third kappa shape index (κ3) is 3.22. The van der Waals surface area contributed by atoms with Crippen LogP contribution in [0.3, 0.4) is 0 Å². The minimum Gasteiger partial charge on any atom is -0.481 e. The van der Waals surface area contributed by atoms with E-state index in [0.717, 1.165) is 6.54 Å². The molecule has 100 valence electrons. The lowest BCUT2D eigenvalue weighted by atomic mass is 9.73. The van der Waals surface area contributed by atoms with Crippen molar-refractivity contribution < 1.29 is 4.74 Å². The van der Waals surface area contributed by atoms with Gasteiger partial charge >= 0.3 is 0 Å². The van der Waals surface area contributed by atoms with Crippen molar-refractivity contribution in [2.45, 2.75) is 52.1 Å². The van der Waals surface area contributed by atoms with Crippen LogP contribution in [0.1, 0.15) is 45.1 Å². The van der Waals surface area contributed by atoms with Gasteiger partial charge in [0.25, 0.3) is 0 Å². The van der Waals surface area contributed by atoms with Crippen LogP contribution in [-0.2, 0) is 6.54 Å². The molecule has 1 unspecified atom stereocenters. The van der Waals surface area contributed by atoms with Crippen LogP contribution in [0.2, 0.25) is 0 Å². The fourth-order valence-electron chi connectivity index (χ4n) is 2.79. The maximum Gasteiger partial charge on any atom is 0.213 e. The minimum atomic E-state index is 0.412. The van der Waals surface area contributed by atoms with E-state index in [-0.39, 0.29) is 0 Å². The minimum absolute atomic E-state index is 0.412. The Balaban J connectivity index is 1.94. The number of aromatic nitrogens is 1. The van der Waals surface area contributed by atoms with E-state index < -0.39 is 0 Å². The van der Waals surface area contributed by atoms with Crippen molar-refractivity contribution in [3.05, 3.63) is 23.9 Å². The van der Waals surface area contributed by atoms with Crippen molar-refractivity contribution in [3.8, 4) is 5.88 Å². The Kier molecular flexibility index (Phi) is 4.23. The lowest BCUT2D eigenvalue weighted by Gasteiger charge is -2.39. The largest absolute Gasteiger partial charge is 0.481 e. The molecular formula is C15H24N2O. The molecule has 0 aromatic carbocycles. The molecule has 2 rings (SSSR count). The zero-order valence-electron chi connectivity index (χ0n) is 11.7. The first-order valence-electron chi connectivity index (χ1n) is 6.84. The van der Waals surface area contributed by atoms with Crippen LogP contribution in [0, 0.1) is 5.41 Å².